The molecule has 244 valence electrons. The van der Waals surface area contributed by atoms with Crippen molar-refractivity contribution in [1.82, 2.24) is 4.90 Å². The standard InChI is InChI=1S/C35H40N2O9/c1-15-19-10-11-20(17-9-12-21(46-4)18(14-17)13-16-7-5-6-8-16)28(38)23(19)29(39)24-22(15)30(40)26-27(37(2)3)31(41)25(34(36)44)33(43)35(26,45)32(24)42/h9-12,14-16,22,26-27,30,38-40,43,45H,5-8,13H2,1-4H3,(H2,36,44)/t15-,22+,26+,27-,30-,35-/m0/s1. The number of fused-ring (bicyclic) bond motifs is 3. The summed E-state index contributed by atoms with van der Waals surface area (Å²) >= 11 is 0. The number of aliphatic hydroxyl groups excluding tert-OH is 3. The number of rotatable bonds is 6. The van der Waals surface area contributed by atoms with Gasteiger partial charge in [0.1, 0.15) is 28.6 Å². The van der Waals surface area contributed by atoms with E-state index in [4.69, 9.17) is 10.5 Å². The lowest BCUT2D eigenvalue weighted by molar-refractivity contribution is -0.169. The fourth-order valence-electron chi connectivity index (χ4n) is 8.48. The Morgan fingerprint density at radius 2 is 1.76 bits per heavy atom. The molecule has 11 nitrogen and oxygen atoms in total. The van der Waals surface area contributed by atoms with E-state index >= 15 is 0 Å². The maximum absolute atomic E-state index is 14.3. The Bertz CT molecular complexity index is 1720. The number of ketones is 2. The Kier molecular flexibility index (Phi) is 7.77. The van der Waals surface area contributed by atoms with E-state index < -0.39 is 75.6 Å². The maximum atomic E-state index is 14.3. The number of phenols is 1. The number of primary amides is 1. The first-order chi connectivity index (χ1) is 21.7. The summed E-state index contributed by atoms with van der Waals surface area (Å²) in [6.45, 7) is 1.71. The molecule has 2 saturated carbocycles. The van der Waals surface area contributed by atoms with Gasteiger partial charge in [-0.2, -0.15) is 0 Å². The minimum atomic E-state index is -2.96. The second-order valence-electron chi connectivity index (χ2n) is 13.4. The first-order valence-electron chi connectivity index (χ1n) is 15.6. The molecule has 0 aromatic heterocycles. The highest BCUT2D eigenvalue weighted by Crippen LogP contribution is 2.57. The van der Waals surface area contributed by atoms with Gasteiger partial charge in [0.2, 0.25) is 5.78 Å². The van der Waals surface area contributed by atoms with Gasteiger partial charge in [0.05, 0.1) is 30.7 Å². The fraction of sp³-hybridized carbons (Fsp3) is 0.457. The number of hydrogen-bond donors (Lipinski definition) is 6. The molecule has 2 aromatic rings. The lowest BCUT2D eigenvalue weighted by Crippen LogP contribution is -2.70. The number of Topliss-reactive ketones (excluding diaryl/α,β-unsaturated/α-hetero) is 2. The third-order valence-electron chi connectivity index (χ3n) is 10.7. The molecule has 0 radical (unpaired) electrons. The van der Waals surface area contributed by atoms with Crippen LogP contribution in [0.2, 0.25) is 0 Å². The SMILES string of the molecule is COc1ccc(-c2ccc3c(c2O)C(O)=C2C(=O)[C@]4(O)C(O)=C(C(N)=O)C(=O)[C@@H](N(C)C)[C@@H]4[C@@H](O)[C@@H]2[C@H]3C)cc1CC1CCCC1. The van der Waals surface area contributed by atoms with Crippen molar-refractivity contribution in [2.24, 2.45) is 23.5 Å². The monoisotopic (exact) mass is 632 g/mol. The third-order valence-corrected chi connectivity index (χ3v) is 10.7. The summed E-state index contributed by atoms with van der Waals surface area (Å²) in [6.07, 6.45) is 3.85. The van der Waals surface area contributed by atoms with Crippen molar-refractivity contribution in [3.05, 3.63) is 63.9 Å². The van der Waals surface area contributed by atoms with E-state index in [9.17, 15) is 39.9 Å². The highest BCUT2D eigenvalue weighted by atomic mass is 16.5. The second-order valence-corrected chi connectivity index (χ2v) is 13.4. The van der Waals surface area contributed by atoms with E-state index in [2.05, 4.69) is 0 Å². The average molecular weight is 633 g/mol. The molecule has 4 aliphatic rings. The summed E-state index contributed by atoms with van der Waals surface area (Å²) in [5.41, 5.74) is 3.54. The minimum Gasteiger partial charge on any atom is -0.508 e. The van der Waals surface area contributed by atoms with Crippen molar-refractivity contribution in [3.8, 4) is 22.6 Å². The number of nitrogens with two attached hydrogens (primary N) is 1. The predicted octanol–water partition coefficient (Wildman–Crippen LogP) is 2.90. The van der Waals surface area contributed by atoms with Crippen molar-refractivity contribution < 1.29 is 44.7 Å². The smallest absolute Gasteiger partial charge is 0.255 e. The summed E-state index contributed by atoms with van der Waals surface area (Å²) in [5, 5.41) is 58.3. The van der Waals surface area contributed by atoms with Crippen LogP contribution in [0.1, 0.15) is 55.2 Å². The number of amides is 1. The van der Waals surface area contributed by atoms with Crippen molar-refractivity contribution >= 4 is 23.2 Å². The van der Waals surface area contributed by atoms with Crippen LogP contribution in [0.5, 0.6) is 11.5 Å². The van der Waals surface area contributed by atoms with Gasteiger partial charge in [0.15, 0.2) is 11.4 Å². The van der Waals surface area contributed by atoms with Crippen molar-refractivity contribution in [2.45, 2.75) is 62.7 Å². The van der Waals surface area contributed by atoms with Crippen LogP contribution in [-0.4, -0.2) is 86.9 Å². The second kappa shape index (κ2) is 11.3. The molecule has 4 aliphatic carbocycles. The molecule has 11 heteroatoms. The number of methoxy groups -OCH3 is 1. The zero-order valence-corrected chi connectivity index (χ0v) is 26.3. The maximum Gasteiger partial charge on any atom is 0.255 e. The molecular formula is C35H40N2O9. The lowest BCUT2D eigenvalue weighted by atomic mass is 9.54. The van der Waals surface area contributed by atoms with Crippen LogP contribution < -0.4 is 10.5 Å². The van der Waals surface area contributed by atoms with Gasteiger partial charge in [0, 0.05) is 17.1 Å². The normalized spacial score (nSPS) is 29.6. The number of carbonyl (C=O) groups excluding carboxylic acids is 3. The molecule has 7 N–H and O–H groups in total. The molecule has 1 amide bonds. The van der Waals surface area contributed by atoms with Crippen LogP contribution in [-0.2, 0) is 20.8 Å². The quantitative estimate of drug-likeness (QED) is 0.258. The predicted molar refractivity (Wildman–Crippen MR) is 168 cm³/mol. The number of aliphatic hydroxyl groups is 4. The van der Waals surface area contributed by atoms with E-state index in [1.165, 1.54) is 31.8 Å². The topological polar surface area (TPSA) is 191 Å². The molecule has 0 spiro atoms. The van der Waals surface area contributed by atoms with E-state index in [-0.39, 0.29) is 11.3 Å². The van der Waals surface area contributed by atoms with Gasteiger partial charge in [-0.1, -0.05) is 50.8 Å². The summed E-state index contributed by atoms with van der Waals surface area (Å²) in [7, 11) is 4.56. The number of ether oxygens (including phenoxy) is 1. The van der Waals surface area contributed by atoms with Crippen molar-refractivity contribution in [3.63, 3.8) is 0 Å². The van der Waals surface area contributed by atoms with Crippen molar-refractivity contribution in [1.29, 1.82) is 0 Å². The first kappa shape index (κ1) is 31.8. The largest absolute Gasteiger partial charge is 0.508 e. The number of phenolic OH excluding ortho intramolecular Hbond substituents is 1. The van der Waals surface area contributed by atoms with Crippen LogP contribution in [0.3, 0.4) is 0 Å². The van der Waals surface area contributed by atoms with Crippen molar-refractivity contribution in [2.75, 3.05) is 21.2 Å². The number of likely N-dealkylation sites (N-methyl/N-ethyl adjacent to an activating group) is 1. The van der Waals surface area contributed by atoms with Crippen LogP contribution in [0.4, 0.5) is 0 Å². The molecule has 2 aromatic carbocycles. The highest BCUT2D eigenvalue weighted by molar-refractivity contribution is 6.24. The van der Waals surface area contributed by atoms with Gasteiger partial charge in [-0.15, -0.1) is 0 Å². The Morgan fingerprint density at radius 3 is 2.37 bits per heavy atom. The number of carbonyl (C=O) groups is 3. The minimum absolute atomic E-state index is 0.0401. The molecule has 0 aliphatic heterocycles. The average Bonchev–Trinajstić information content (AvgIpc) is 3.52. The first-order valence-corrected chi connectivity index (χ1v) is 15.6. The molecule has 2 fully saturated rings. The lowest BCUT2D eigenvalue weighted by Gasteiger charge is -2.53. The van der Waals surface area contributed by atoms with E-state index in [1.807, 2.05) is 12.1 Å². The summed E-state index contributed by atoms with van der Waals surface area (Å²) in [6, 6.07) is 7.63. The zero-order chi connectivity index (χ0) is 33.4. The van der Waals surface area contributed by atoms with Gasteiger partial charge in [-0.25, -0.2) is 0 Å². The Morgan fingerprint density at radius 1 is 1.09 bits per heavy atom. The molecule has 0 bridgehead atoms. The van der Waals surface area contributed by atoms with E-state index in [1.54, 1.807) is 32.2 Å². The molecule has 6 atom stereocenters. The van der Waals surface area contributed by atoms with Crippen LogP contribution in [0.25, 0.3) is 16.9 Å². The van der Waals surface area contributed by atoms with Gasteiger partial charge < -0.3 is 36.0 Å². The van der Waals surface area contributed by atoms with Crippen LogP contribution in [0, 0.1) is 17.8 Å². The third kappa shape index (κ3) is 4.39. The molecule has 46 heavy (non-hydrogen) atoms. The van der Waals surface area contributed by atoms with Gasteiger partial charge in [0.25, 0.3) is 5.91 Å². The number of aromatic hydroxyl groups is 1. The molecule has 0 unspecified atom stereocenters. The van der Waals surface area contributed by atoms with Crippen LogP contribution in [0.15, 0.2) is 47.2 Å². The number of benzene rings is 2. The van der Waals surface area contributed by atoms with Gasteiger partial charge >= 0.3 is 0 Å². The summed E-state index contributed by atoms with van der Waals surface area (Å²) in [5.74, 6) is -7.82. The highest BCUT2D eigenvalue weighted by Gasteiger charge is 2.68. The number of nitrogens with zero attached hydrogens (tertiary/aromatic N) is 1. The fourth-order valence-corrected chi connectivity index (χ4v) is 8.48. The van der Waals surface area contributed by atoms with Gasteiger partial charge in [-0.05, 0) is 61.2 Å². The van der Waals surface area contributed by atoms with Gasteiger partial charge in [-0.3, -0.25) is 19.3 Å². The summed E-state index contributed by atoms with van der Waals surface area (Å²) < 4.78 is 5.62. The van der Waals surface area contributed by atoms with E-state index in [0.717, 1.165) is 30.6 Å². The molecule has 0 heterocycles. The molecular weight excluding hydrogens is 592 g/mol. The summed E-state index contributed by atoms with van der Waals surface area (Å²) in [4.78, 5) is 41.2. The Labute approximate surface area is 266 Å². The molecule has 6 rings (SSSR count). The molecule has 0 saturated heterocycles. The number of hydrogen-bond acceptors (Lipinski definition) is 10. The zero-order valence-electron chi connectivity index (χ0n) is 26.3. The van der Waals surface area contributed by atoms with Crippen LogP contribution >= 0.6 is 0 Å². The Hall–Kier alpha value is -4.19. The Balaban J connectivity index is 1.51. The van der Waals surface area contributed by atoms with E-state index in [0.29, 0.717) is 22.6 Å².